The molecule has 3 rings (SSSR count). The topological polar surface area (TPSA) is 85.8 Å². The molecule has 1 aliphatic carbocycles. The van der Waals surface area contributed by atoms with Gasteiger partial charge in [0.15, 0.2) is 5.96 Å². The van der Waals surface area contributed by atoms with E-state index < -0.39 is 0 Å². The van der Waals surface area contributed by atoms with Crippen molar-refractivity contribution in [2.45, 2.75) is 45.1 Å². The number of anilines is 1. The summed E-state index contributed by atoms with van der Waals surface area (Å²) in [6.07, 6.45) is 5.76. The lowest BCUT2D eigenvalue weighted by Gasteiger charge is -2.34. The minimum absolute atomic E-state index is 0. The molecule has 0 spiro atoms. The first-order valence-electron chi connectivity index (χ1n) is 10.6. The predicted octanol–water partition coefficient (Wildman–Crippen LogP) is 2.97. The van der Waals surface area contributed by atoms with E-state index in [9.17, 15) is 9.59 Å². The molecule has 2 aliphatic rings. The summed E-state index contributed by atoms with van der Waals surface area (Å²) in [5, 5.41) is 9.18. The molecule has 30 heavy (non-hydrogen) atoms. The van der Waals surface area contributed by atoms with E-state index >= 15 is 0 Å². The molecule has 1 aliphatic heterocycles. The summed E-state index contributed by atoms with van der Waals surface area (Å²) in [6, 6.07) is 7.98. The smallest absolute Gasteiger partial charge is 0.227 e. The van der Waals surface area contributed by atoms with Crippen LogP contribution in [0.1, 0.15) is 44.1 Å². The molecule has 2 fully saturated rings. The van der Waals surface area contributed by atoms with Crippen molar-refractivity contribution in [2.75, 3.05) is 32.5 Å². The van der Waals surface area contributed by atoms with Gasteiger partial charge in [0.2, 0.25) is 11.8 Å². The quantitative estimate of drug-likeness (QED) is 0.302. The SMILES string of the molecule is CN=C(NCc1cccc(NC(=O)C2CCC2)c1)N1CCC(CC(=O)NC)CC1.I. The predicted molar refractivity (Wildman–Crippen MR) is 131 cm³/mol. The van der Waals surface area contributed by atoms with Crippen LogP contribution in [0.5, 0.6) is 0 Å². The molecule has 1 heterocycles. The number of likely N-dealkylation sites (tertiary alicyclic amines) is 1. The molecule has 0 aromatic heterocycles. The molecule has 1 saturated heterocycles. The molecule has 8 heteroatoms. The number of rotatable bonds is 6. The van der Waals surface area contributed by atoms with Crippen molar-refractivity contribution in [3.05, 3.63) is 29.8 Å². The second-order valence-electron chi connectivity index (χ2n) is 8.03. The van der Waals surface area contributed by atoms with Crippen LogP contribution in [-0.2, 0) is 16.1 Å². The van der Waals surface area contributed by atoms with Crippen LogP contribution in [0.4, 0.5) is 5.69 Å². The van der Waals surface area contributed by atoms with Crippen molar-refractivity contribution in [2.24, 2.45) is 16.8 Å². The number of hydrogen-bond acceptors (Lipinski definition) is 3. The highest BCUT2D eigenvalue weighted by Gasteiger charge is 2.25. The summed E-state index contributed by atoms with van der Waals surface area (Å²) in [7, 11) is 3.49. The van der Waals surface area contributed by atoms with Crippen molar-refractivity contribution in [1.82, 2.24) is 15.5 Å². The van der Waals surface area contributed by atoms with E-state index in [1.165, 1.54) is 0 Å². The minimum Gasteiger partial charge on any atom is -0.359 e. The molecule has 1 saturated carbocycles. The number of amides is 2. The summed E-state index contributed by atoms with van der Waals surface area (Å²) in [5.74, 6) is 1.77. The Morgan fingerprint density at radius 3 is 2.50 bits per heavy atom. The second kappa shape index (κ2) is 12.1. The molecule has 2 amide bonds. The zero-order chi connectivity index (χ0) is 20.6. The third-order valence-electron chi connectivity index (χ3n) is 6.00. The first-order chi connectivity index (χ1) is 14.1. The van der Waals surface area contributed by atoms with E-state index in [1.54, 1.807) is 14.1 Å². The molecule has 1 aromatic carbocycles. The first-order valence-corrected chi connectivity index (χ1v) is 10.6. The number of piperidine rings is 1. The van der Waals surface area contributed by atoms with Crippen molar-refractivity contribution >= 4 is 47.4 Å². The van der Waals surface area contributed by atoms with E-state index in [2.05, 4.69) is 31.9 Å². The summed E-state index contributed by atoms with van der Waals surface area (Å²) in [5.41, 5.74) is 1.96. The number of aliphatic imine (C=N–C) groups is 1. The number of nitrogens with one attached hydrogen (secondary N) is 3. The Labute approximate surface area is 196 Å². The van der Waals surface area contributed by atoms with Crippen LogP contribution >= 0.6 is 24.0 Å². The zero-order valence-electron chi connectivity index (χ0n) is 17.9. The number of nitrogens with zero attached hydrogens (tertiary/aromatic N) is 2. The molecule has 3 N–H and O–H groups in total. The fraction of sp³-hybridized carbons (Fsp3) is 0.591. The van der Waals surface area contributed by atoms with Gasteiger partial charge in [-0.2, -0.15) is 0 Å². The Morgan fingerprint density at radius 2 is 1.90 bits per heavy atom. The molecular weight excluding hydrogens is 493 g/mol. The zero-order valence-corrected chi connectivity index (χ0v) is 20.3. The molecule has 1 aromatic rings. The number of carbonyl (C=O) groups excluding carboxylic acids is 2. The van der Waals surface area contributed by atoms with Gasteiger partial charge in [0.25, 0.3) is 0 Å². The maximum absolute atomic E-state index is 12.2. The summed E-state index contributed by atoms with van der Waals surface area (Å²) < 4.78 is 0. The lowest BCUT2D eigenvalue weighted by Crippen LogP contribution is -2.45. The van der Waals surface area contributed by atoms with Crippen molar-refractivity contribution in [3.8, 4) is 0 Å². The number of hydrogen-bond donors (Lipinski definition) is 3. The van der Waals surface area contributed by atoms with Gasteiger partial charge in [0.1, 0.15) is 0 Å². The van der Waals surface area contributed by atoms with Crippen molar-refractivity contribution in [3.63, 3.8) is 0 Å². The summed E-state index contributed by atoms with van der Waals surface area (Å²) >= 11 is 0. The van der Waals surface area contributed by atoms with Gasteiger partial charge in [0.05, 0.1) is 0 Å². The molecular formula is C22H34IN5O2. The van der Waals surface area contributed by atoms with Crippen LogP contribution < -0.4 is 16.0 Å². The maximum Gasteiger partial charge on any atom is 0.227 e. The monoisotopic (exact) mass is 527 g/mol. The molecule has 166 valence electrons. The van der Waals surface area contributed by atoms with Crippen LogP contribution in [-0.4, -0.2) is 49.9 Å². The lowest BCUT2D eigenvalue weighted by molar-refractivity contribution is -0.122. The number of guanidine groups is 1. The highest BCUT2D eigenvalue weighted by atomic mass is 127. The molecule has 0 radical (unpaired) electrons. The Balaban J connectivity index is 0.00000320. The highest BCUT2D eigenvalue weighted by Crippen LogP contribution is 2.27. The van der Waals surface area contributed by atoms with Gasteiger partial charge >= 0.3 is 0 Å². The summed E-state index contributed by atoms with van der Waals surface area (Å²) in [4.78, 5) is 30.4. The van der Waals surface area contributed by atoms with Crippen LogP contribution in [0.3, 0.4) is 0 Å². The largest absolute Gasteiger partial charge is 0.359 e. The van der Waals surface area contributed by atoms with Gasteiger partial charge in [-0.05, 0) is 49.3 Å². The Bertz CT molecular complexity index is 743. The second-order valence-corrected chi connectivity index (χ2v) is 8.03. The van der Waals surface area contributed by atoms with E-state index in [0.717, 1.165) is 62.4 Å². The standard InChI is InChI=1S/C22H33N5O2.HI/c1-23-20(28)14-16-9-11-27(12-10-16)22(24-2)25-15-17-5-3-8-19(13-17)26-21(29)18-6-4-7-18;/h3,5,8,13,16,18H,4,6-7,9-12,14-15H2,1-2H3,(H,23,28)(H,24,25)(H,26,29);1H. The molecule has 0 atom stereocenters. The average molecular weight is 527 g/mol. The van der Waals surface area contributed by atoms with Gasteiger partial charge in [-0.3, -0.25) is 14.6 Å². The van der Waals surface area contributed by atoms with E-state index in [4.69, 9.17) is 0 Å². The van der Waals surface area contributed by atoms with Gasteiger partial charge in [-0.25, -0.2) is 0 Å². The van der Waals surface area contributed by atoms with Crippen LogP contribution in [0.25, 0.3) is 0 Å². The normalized spacial score (nSPS) is 17.5. The lowest BCUT2D eigenvalue weighted by atomic mass is 9.85. The summed E-state index contributed by atoms with van der Waals surface area (Å²) in [6.45, 7) is 2.45. The minimum atomic E-state index is 0. The first kappa shape index (κ1) is 24.4. The van der Waals surface area contributed by atoms with Gasteiger partial charge in [-0.1, -0.05) is 18.6 Å². The Hall–Kier alpha value is -1.84. The average Bonchev–Trinajstić information content (AvgIpc) is 2.68. The third-order valence-corrected chi connectivity index (χ3v) is 6.00. The number of carbonyl (C=O) groups is 2. The van der Waals surface area contributed by atoms with Crippen molar-refractivity contribution < 1.29 is 9.59 Å². The number of halogens is 1. The maximum atomic E-state index is 12.2. The molecule has 7 nitrogen and oxygen atoms in total. The van der Waals surface area contributed by atoms with Gasteiger partial charge in [-0.15, -0.1) is 24.0 Å². The van der Waals surface area contributed by atoms with Gasteiger partial charge in [0, 0.05) is 51.8 Å². The van der Waals surface area contributed by atoms with Crippen molar-refractivity contribution in [1.29, 1.82) is 0 Å². The Kier molecular flexibility index (Phi) is 9.87. The molecule has 0 unspecified atom stereocenters. The molecule has 0 bridgehead atoms. The van der Waals surface area contributed by atoms with Gasteiger partial charge < -0.3 is 20.9 Å². The fourth-order valence-corrected chi connectivity index (χ4v) is 3.90. The van der Waals surface area contributed by atoms with Crippen LogP contribution in [0.15, 0.2) is 29.3 Å². The van der Waals surface area contributed by atoms with Crippen LogP contribution in [0, 0.1) is 11.8 Å². The van der Waals surface area contributed by atoms with E-state index in [1.807, 2.05) is 18.2 Å². The van der Waals surface area contributed by atoms with Crippen LogP contribution in [0.2, 0.25) is 0 Å². The third kappa shape index (κ3) is 6.85. The Morgan fingerprint density at radius 1 is 1.17 bits per heavy atom. The van der Waals surface area contributed by atoms with E-state index in [0.29, 0.717) is 18.9 Å². The number of benzene rings is 1. The fourth-order valence-electron chi connectivity index (χ4n) is 3.90. The van der Waals surface area contributed by atoms with E-state index in [-0.39, 0.29) is 41.7 Å². The highest BCUT2D eigenvalue weighted by molar-refractivity contribution is 14.0.